The predicted molar refractivity (Wildman–Crippen MR) is 69.8 cm³/mol. The third-order valence-electron chi connectivity index (χ3n) is 2.28. The Balaban J connectivity index is 2.28. The molecule has 0 saturated carbocycles. The first kappa shape index (κ1) is 13.0. The van der Waals surface area contributed by atoms with Crippen molar-refractivity contribution < 1.29 is 12.2 Å². The van der Waals surface area contributed by atoms with Gasteiger partial charge in [0.25, 0.3) is 0 Å². The van der Waals surface area contributed by atoms with Gasteiger partial charge in [-0.3, -0.25) is 0 Å². The first-order valence-corrected chi connectivity index (χ1v) is 8.32. The van der Waals surface area contributed by atoms with E-state index < -0.39 is 25.7 Å². The van der Waals surface area contributed by atoms with Gasteiger partial charge in [-0.1, -0.05) is 0 Å². The Morgan fingerprint density at radius 1 is 0.889 bits per heavy atom. The first-order chi connectivity index (χ1) is 8.62. The van der Waals surface area contributed by atoms with Crippen LogP contribution in [0.3, 0.4) is 0 Å². The Hall–Kier alpha value is -1.45. The van der Waals surface area contributed by atoms with Gasteiger partial charge in [-0.25, -0.2) is 0 Å². The molecular formula is C12H10AsNO3S. The van der Waals surface area contributed by atoms with Crippen LogP contribution in [0, 0.1) is 0 Å². The second kappa shape index (κ2) is 5.46. The second-order valence-corrected chi connectivity index (χ2v) is 6.71. The van der Waals surface area contributed by atoms with Crippen molar-refractivity contribution in [2.24, 2.45) is 0 Å². The number of rotatable bonds is 4. The van der Waals surface area contributed by atoms with E-state index in [4.69, 9.17) is 0 Å². The number of nitrogens with one attached hydrogen (secondary N) is 1. The summed E-state index contributed by atoms with van der Waals surface area (Å²) in [6, 6.07) is 14.7. The van der Waals surface area contributed by atoms with Crippen molar-refractivity contribution >= 4 is 35.8 Å². The minimum absolute atomic E-state index is 0.157. The van der Waals surface area contributed by atoms with Gasteiger partial charge >= 0.3 is 112 Å². The maximum absolute atomic E-state index is 12.0. The molecule has 0 aliphatic rings. The van der Waals surface area contributed by atoms with Crippen molar-refractivity contribution in [3.8, 4) is 0 Å². The standard InChI is InChI=1S/C12H10AsNO3S/c15-13-10-6-8-12(9-7-10)18(16,17)14-11-4-2-1-3-5-11/h1-9,14H. The van der Waals surface area contributed by atoms with Gasteiger partial charge in [0.05, 0.1) is 0 Å². The van der Waals surface area contributed by atoms with E-state index in [1.165, 1.54) is 12.1 Å². The molecule has 0 unspecified atom stereocenters. The Labute approximate surface area is 112 Å². The van der Waals surface area contributed by atoms with Gasteiger partial charge < -0.3 is 0 Å². The normalized spacial score (nSPS) is 11.3. The van der Waals surface area contributed by atoms with Gasteiger partial charge in [0.1, 0.15) is 0 Å². The van der Waals surface area contributed by atoms with Crippen LogP contribution in [0.25, 0.3) is 0 Å². The molecule has 2 aromatic carbocycles. The van der Waals surface area contributed by atoms with Crippen LogP contribution in [0.15, 0.2) is 59.5 Å². The van der Waals surface area contributed by atoms with Crippen molar-refractivity contribution in [2.45, 2.75) is 4.90 Å². The fourth-order valence-electron chi connectivity index (χ4n) is 1.41. The summed E-state index contributed by atoms with van der Waals surface area (Å²) in [5.74, 6) is 0. The van der Waals surface area contributed by atoms with Gasteiger partial charge in [0.2, 0.25) is 0 Å². The summed E-state index contributed by atoms with van der Waals surface area (Å²) in [5, 5.41) is 0. The molecular weight excluding hydrogens is 313 g/mol. The van der Waals surface area contributed by atoms with E-state index in [-0.39, 0.29) is 4.90 Å². The molecule has 0 radical (unpaired) electrons. The van der Waals surface area contributed by atoms with E-state index in [9.17, 15) is 12.2 Å². The summed E-state index contributed by atoms with van der Waals surface area (Å²) >= 11 is -1.12. The van der Waals surface area contributed by atoms with Crippen LogP contribution in [0.4, 0.5) is 5.69 Å². The molecule has 92 valence electrons. The fraction of sp³-hybridized carbons (Fsp3) is 0. The molecule has 18 heavy (non-hydrogen) atoms. The van der Waals surface area contributed by atoms with Gasteiger partial charge in [-0.15, -0.1) is 0 Å². The summed E-state index contributed by atoms with van der Waals surface area (Å²) < 4.78 is 37.9. The zero-order valence-corrected chi connectivity index (χ0v) is 12.0. The van der Waals surface area contributed by atoms with Crippen molar-refractivity contribution in [3.63, 3.8) is 0 Å². The Kier molecular flexibility index (Phi) is 3.94. The molecule has 0 fully saturated rings. The number of benzene rings is 2. The summed E-state index contributed by atoms with van der Waals surface area (Å²) in [4.78, 5) is 0.157. The first-order valence-electron chi connectivity index (χ1n) is 5.13. The molecule has 0 aromatic heterocycles. The molecule has 0 aliphatic heterocycles. The number of hydrogen-bond acceptors (Lipinski definition) is 3. The van der Waals surface area contributed by atoms with Crippen molar-refractivity contribution in [1.82, 2.24) is 0 Å². The number of sulfonamides is 1. The molecule has 0 saturated heterocycles. The zero-order chi connectivity index (χ0) is 13.0. The monoisotopic (exact) mass is 323 g/mol. The average Bonchev–Trinajstić information content (AvgIpc) is 2.39. The zero-order valence-electron chi connectivity index (χ0n) is 9.28. The fourth-order valence-corrected chi connectivity index (χ4v) is 3.03. The number of para-hydroxylation sites is 1. The van der Waals surface area contributed by atoms with Crippen LogP contribution in [0.2, 0.25) is 0 Å². The van der Waals surface area contributed by atoms with Crippen molar-refractivity contribution in [3.05, 3.63) is 54.6 Å². The van der Waals surface area contributed by atoms with Crippen LogP contribution in [0.5, 0.6) is 0 Å². The van der Waals surface area contributed by atoms with Gasteiger partial charge in [0.15, 0.2) is 0 Å². The average molecular weight is 323 g/mol. The predicted octanol–water partition coefficient (Wildman–Crippen LogP) is 1.16. The molecule has 2 aromatic rings. The van der Waals surface area contributed by atoms with E-state index in [1.807, 2.05) is 6.07 Å². The van der Waals surface area contributed by atoms with E-state index in [1.54, 1.807) is 36.4 Å². The third kappa shape index (κ3) is 3.06. The molecule has 6 heteroatoms. The Morgan fingerprint density at radius 3 is 2.06 bits per heavy atom. The summed E-state index contributed by atoms with van der Waals surface area (Å²) in [6.07, 6.45) is 0. The summed E-state index contributed by atoms with van der Waals surface area (Å²) in [7, 11) is -3.58. The molecule has 2 rings (SSSR count). The molecule has 0 bridgehead atoms. The molecule has 0 amide bonds. The van der Waals surface area contributed by atoms with Crippen LogP contribution in [-0.2, 0) is 13.8 Å². The van der Waals surface area contributed by atoms with Gasteiger partial charge in [-0.2, -0.15) is 0 Å². The number of hydrogen-bond donors (Lipinski definition) is 1. The molecule has 4 nitrogen and oxygen atoms in total. The van der Waals surface area contributed by atoms with Crippen molar-refractivity contribution in [2.75, 3.05) is 4.72 Å². The summed E-state index contributed by atoms with van der Waals surface area (Å²) in [5.41, 5.74) is 0.511. The van der Waals surface area contributed by atoms with Crippen LogP contribution in [-0.4, -0.2) is 24.1 Å². The molecule has 0 spiro atoms. The van der Waals surface area contributed by atoms with Crippen LogP contribution in [0.1, 0.15) is 0 Å². The molecule has 0 heterocycles. The third-order valence-corrected chi connectivity index (χ3v) is 4.74. The molecule has 1 N–H and O–H groups in total. The van der Waals surface area contributed by atoms with E-state index in [2.05, 4.69) is 4.72 Å². The topological polar surface area (TPSA) is 63.2 Å². The summed E-state index contributed by atoms with van der Waals surface area (Å²) in [6.45, 7) is 0. The van der Waals surface area contributed by atoms with Crippen molar-refractivity contribution in [1.29, 1.82) is 0 Å². The molecule has 0 aliphatic carbocycles. The second-order valence-electron chi connectivity index (χ2n) is 3.56. The SMILES string of the molecule is O=[As]c1ccc(S(=O)(=O)Nc2ccccc2)cc1. The van der Waals surface area contributed by atoms with Gasteiger partial charge in [-0.05, 0) is 0 Å². The maximum atomic E-state index is 12.0. The van der Waals surface area contributed by atoms with Crippen LogP contribution >= 0.6 is 0 Å². The van der Waals surface area contributed by atoms with E-state index in [0.717, 1.165) is 0 Å². The Bertz CT molecular complexity index is 639. The van der Waals surface area contributed by atoms with E-state index in [0.29, 0.717) is 10.0 Å². The Morgan fingerprint density at radius 2 is 1.50 bits per heavy atom. The number of anilines is 1. The quantitative estimate of drug-likeness (QED) is 0.859. The minimum atomic E-state index is -3.58. The van der Waals surface area contributed by atoms with E-state index >= 15 is 0 Å². The van der Waals surface area contributed by atoms with Crippen LogP contribution < -0.4 is 9.07 Å². The molecule has 0 atom stereocenters. The van der Waals surface area contributed by atoms with Gasteiger partial charge in [0, 0.05) is 0 Å².